The molecule has 4 N–H and O–H groups in total. The highest BCUT2D eigenvalue weighted by Crippen LogP contribution is 2.43. The van der Waals surface area contributed by atoms with Crippen LogP contribution in [-0.4, -0.2) is 80.7 Å². The number of hydrogen-bond acceptors (Lipinski definition) is 10. The first-order chi connectivity index (χ1) is 32.2. The van der Waals surface area contributed by atoms with Gasteiger partial charge in [0.2, 0.25) is 21.3 Å². The summed E-state index contributed by atoms with van der Waals surface area (Å²) in [7, 11) is -5.64. The molecule has 0 bridgehead atoms. The van der Waals surface area contributed by atoms with Gasteiger partial charge in [-0.3, -0.25) is 9.35 Å². The van der Waals surface area contributed by atoms with Crippen LogP contribution in [0.1, 0.15) is 77.0 Å². The normalized spacial score (nSPS) is 12.3. The van der Waals surface area contributed by atoms with Gasteiger partial charge in [0.15, 0.2) is 11.5 Å². The van der Waals surface area contributed by atoms with E-state index in [2.05, 4.69) is 52.5 Å². The van der Waals surface area contributed by atoms with E-state index in [-0.39, 0.29) is 35.4 Å². The van der Waals surface area contributed by atoms with E-state index in [1.54, 1.807) is 7.11 Å². The summed E-state index contributed by atoms with van der Waals surface area (Å²) in [6.07, 6.45) is 2.28. The number of nitrogens with zero attached hydrogens (tertiary/aromatic N) is 2. The first-order valence-electron chi connectivity index (χ1n) is 23.0. The van der Waals surface area contributed by atoms with Gasteiger partial charge in [-0.15, -0.1) is 0 Å². The van der Waals surface area contributed by atoms with Crippen LogP contribution in [0.25, 0.3) is 33.4 Å². The summed E-state index contributed by atoms with van der Waals surface area (Å²) in [6.45, 7) is 12.4. The Balaban J connectivity index is 1.11. The number of para-hydroxylation sites is 2. The summed E-state index contributed by atoms with van der Waals surface area (Å²) in [5, 5.41) is 7.70. The maximum atomic E-state index is 13.6. The van der Waals surface area contributed by atoms with Gasteiger partial charge in [0.25, 0.3) is 10.1 Å². The number of hydrogen-bond donors (Lipinski definition) is 4. The molecule has 1 atom stereocenters. The Bertz CT molecular complexity index is 2910. The summed E-state index contributed by atoms with van der Waals surface area (Å²) in [5.74, 6) is 1.68. The van der Waals surface area contributed by atoms with Crippen LogP contribution in [0.15, 0.2) is 117 Å². The lowest BCUT2D eigenvalue weighted by Crippen LogP contribution is -2.29. The largest absolute Gasteiger partial charge is 0.493 e. The molecule has 0 fully saturated rings. The molecule has 0 spiro atoms. The van der Waals surface area contributed by atoms with Crippen molar-refractivity contribution in [2.24, 2.45) is 0 Å². The molecule has 6 rings (SSSR count). The van der Waals surface area contributed by atoms with E-state index in [4.69, 9.17) is 13.9 Å². The van der Waals surface area contributed by atoms with Crippen molar-refractivity contribution in [3.63, 3.8) is 0 Å². The number of carbonyl (C=O) groups is 1. The molecule has 2 aliphatic rings. The van der Waals surface area contributed by atoms with E-state index in [0.717, 1.165) is 67.4 Å². The Morgan fingerprint density at radius 1 is 0.806 bits per heavy atom. The molecule has 1 amide bonds. The highest BCUT2D eigenvalue weighted by molar-refractivity contribution is 7.89. The average molecular weight is 955 g/mol. The van der Waals surface area contributed by atoms with Gasteiger partial charge in [-0.1, -0.05) is 48.9 Å². The number of rotatable bonds is 24. The number of carbonyl (C=O) groups excluding carboxylic acids is 1. The van der Waals surface area contributed by atoms with Gasteiger partial charge in [-0.25, -0.2) is 17.7 Å². The maximum absolute atomic E-state index is 13.6. The van der Waals surface area contributed by atoms with E-state index >= 15 is 0 Å². The topological polar surface area (TPSA) is 180 Å². The first kappa shape index (κ1) is 50.6. The van der Waals surface area contributed by atoms with Gasteiger partial charge in [0.1, 0.15) is 35.4 Å². The molecule has 0 radical (unpaired) electrons. The van der Waals surface area contributed by atoms with Crippen LogP contribution in [0.2, 0.25) is 0 Å². The van der Waals surface area contributed by atoms with Crippen LogP contribution in [0, 0.1) is 0 Å². The van der Waals surface area contributed by atoms with Crippen LogP contribution >= 0.6 is 0 Å². The number of nitrogens with one attached hydrogen (secondary N) is 3. The van der Waals surface area contributed by atoms with Crippen molar-refractivity contribution >= 4 is 42.7 Å². The Labute approximate surface area is 395 Å². The Kier molecular flexibility index (Phi) is 17.6. The molecule has 67 heavy (non-hydrogen) atoms. The summed E-state index contributed by atoms with van der Waals surface area (Å²) < 4.78 is 87.3. The van der Waals surface area contributed by atoms with Gasteiger partial charge < -0.3 is 29.4 Å². The van der Waals surface area contributed by atoms with E-state index in [0.29, 0.717) is 65.2 Å². The molecule has 16 heteroatoms. The fourth-order valence-electron chi connectivity index (χ4n) is 8.33. The third-order valence-corrected chi connectivity index (χ3v) is 14.3. The summed E-state index contributed by atoms with van der Waals surface area (Å²) >= 11 is 0. The molecule has 1 heterocycles. The van der Waals surface area contributed by atoms with Crippen molar-refractivity contribution in [3.8, 4) is 33.9 Å². The third kappa shape index (κ3) is 12.6. The SMILES string of the molecule is CCN(CC)c1ccc2c(-c3ccc(S(=O)(=O)NCCCCCC(=O)NCc4cccc(C(CCNC)Oc5ccccc5OC)c4)cc3S(=O)(=O)O)c3ccc(=[N+](CC)CC)cc-3oc2c1. The Hall–Kier alpha value is -5.78. The molecule has 4 aromatic carbocycles. The number of benzene rings is 5. The van der Waals surface area contributed by atoms with Crippen molar-refractivity contribution in [1.29, 1.82) is 0 Å². The van der Waals surface area contributed by atoms with E-state index in [1.165, 1.54) is 12.1 Å². The fraction of sp³-hybridized carbons (Fsp3) is 0.373. The molecular formula is C51H64N5O9S2+. The number of unbranched alkanes of at least 4 members (excludes halogenated alkanes) is 2. The Morgan fingerprint density at radius 2 is 1.55 bits per heavy atom. The van der Waals surface area contributed by atoms with Gasteiger partial charge in [-0.2, -0.15) is 8.42 Å². The van der Waals surface area contributed by atoms with E-state index < -0.39 is 25.0 Å². The number of anilines is 1. The zero-order valence-electron chi connectivity index (χ0n) is 39.3. The molecule has 1 aliphatic heterocycles. The van der Waals surface area contributed by atoms with Crippen LogP contribution in [0.5, 0.6) is 11.5 Å². The van der Waals surface area contributed by atoms with Crippen molar-refractivity contribution < 1.29 is 40.1 Å². The lowest BCUT2D eigenvalue weighted by Gasteiger charge is -2.22. The predicted molar refractivity (Wildman–Crippen MR) is 265 cm³/mol. The fourth-order valence-corrected chi connectivity index (χ4v) is 10.2. The van der Waals surface area contributed by atoms with Crippen molar-refractivity contribution in [3.05, 3.63) is 120 Å². The van der Waals surface area contributed by atoms with Crippen LogP contribution < -0.4 is 39.7 Å². The maximum Gasteiger partial charge on any atom is 0.295 e. The monoisotopic (exact) mass is 954 g/mol. The van der Waals surface area contributed by atoms with Crippen LogP contribution in [-0.2, 0) is 31.5 Å². The molecule has 0 saturated heterocycles. The molecule has 4 aromatic rings. The zero-order chi connectivity index (χ0) is 48.1. The molecular weight excluding hydrogens is 891 g/mol. The van der Waals surface area contributed by atoms with Crippen molar-refractivity contribution in [2.45, 2.75) is 82.2 Å². The minimum Gasteiger partial charge on any atom is -0.493 e. The van der Waals surface area contributed by atoms with Gasteiger partial charge in [-0.05, 0) is 108 Å². The first-order valence-corrected chi connectivity index (χ1v) is 25.9. The summed E-state index contributed by atoms with van der Waals surface area (Å²) in [5.41, 5.74) is 4.56. The lowest BCUT2D eigenvalue weighted by atomic mass is 9.93. The zero-order valence-corrected chi connectivity index (χ0v) is 40.9. The Morgan fingerprint density at radius 3 is 2.25 bits per heavy atom. The van der Waals surface area contributed by atoms with Crippen LogP contribution in [0.3, 0.4) is 0 Å². The summed E-state index contributed by atoms with van der Waals surface area (Å²) in [6, 6.07) is 30.7. The number of methoxy groups -OCH3 is 1. The lowest BCUT2D eigenvalue weighted by molar-refractivity contribution is -0.121. The quantitative estimate of drug-likeness (QED) is 0.0200. The minimum absolute atomic E-state index is 0.0601. The molecule has 1 aliphatic carbocycles. The number of ether oxygens (including phenoxy) is 2. The summed E-state index contributed by atoms with van der Waals surface area (Å²) in [4.78, 5) is 14.2. The van der Waals surface area contributed by atoms with Gasteiger partial charge in [0.05, 0.1) is 18.1 Å². The van der Waals surface area contributed by atoms with Crippen molar-refractivity contribution in [2.75, 3.05) is 58.3 Å². The molecule has 14 nitrogen and oxygen atoms in total. The smallest absolute Gasteiger partial charge is 0.295 e. The van der Waals surface area contributed by atoms with Gasteiger partial charge in [0, 0.05) is 78.9 Å². The van der Waals surface area contributed by atoms with Crippen molar-refractivity contribution in [1.82, 2.24) is 19.9 Å². The van der Waals surface area contributed by atoms with Gasteiger partial charge >= 0.3 is 0 Å². The average Bonchev–Trinajstić information content (AvgIpc) is 3.33. The molecule has 358 valence electrons. The van der Waals surface area contributed by atoms with Crippen LogP contribution in [0.4, 0.5) is 5.69 Å². The number of amides is 1. The second kappa shape index (κ2) is 23.3. The molecule has 0 aromatic heterocycles. The molecule has 1 unspecified atom stereocenters. The third-order valence-electron chi connectivity index (χ3n) is 11.9. The highest BCUT2D eigenvalue weighted by atomic mass is 32.2. The second-order valence-corrected chi connectivity index (χ2v) is 19.4. The predicted octanol–water partition coefficient (Wildman–Crippen LogP) is 8.00. The standard InChI is InChI=1S/C51H63N5O9S2/c1-7-55(8-2)38-22-25-41-47(32-38)65-48-33-39(56(9-3)10-4)23-26-42(48)51(41)43-27-24-40(34-49(43)67(60,61)62)66(58,59)54-29-15-11-12-21-50(57)53-35-36-17-16-18-37(31-36)44(28-30-52-5)64-46-20-14-13-19-45(46)63-6/h13-14,16-20,22-27,31-34,44,52,54H,7-12,15,21,28-30,35H2,1-6H3,(H-,53,57,60,61,62)/p+1. The minimum atomic E-state index is -4.94. The van der Waals surface area contributed by atoms with E-state index in [1.807, 2.05) is 92.0 Å². The number of sulfonamides is 1. The second-order valence-electron chi connectivity index (χ2n) is 16.2. The van der Waals surface area contributed by atoms with E-state index in [9.17, 15) is 26.2 Å². The highest BCUT2D eigenvalue weighted by Gasteiger charge is 2.27. The molecule has 0 saturated carbocycles. The number of fused-ring (bicyclic) bond motifs is 2.